The first-order valence-corrected chi connectivity index (χ1v) is 7.22. The van der Waals surface area contributed by atoms with Gasteiger partial charge in [-0.1, -0.05) is 11.6 Å². The average Bonchev–Trinajstić information content (AvgIpc) is 2.56. The number of anilines is 1. The number of hydrogen-bond donors (Lipinski definition) is 2. The Hall–Kier alpha value is -3.01. The first-order chi connectivity index (χ1) is 12.1. The van der Waals surface area contributed by atoms with E-state index in [-0.39, 0.29) is 27.8 Å². The van der Waals surface area contributed by atoms with Gasteiger partial charge in [-0.2, -0.15) is 18.3 Å². The number of hydrazone groups is 1. The van der Waals surface area contributed by atoms with Crippen LogP contribution in [0.3, 0.4) is 0 Å². The van der Waals surface area contributed by atoms with Gasteiger partial charge in [0.1, 0.15) is 5.69 Å². The molecule has 11 heteroatoms. The van der Waals surface area contributed by atoms with Gasteiger partial charge in [-0.05, 0) is 18.2 Å². The molecule has 26 heavy (non-hydrogen) atoms. The molecule has 0 aliphatic carbocycles. The molecule has 0 atom stereocenters. The van der Waals surface area contributed by atoms with Gasteiger partial charge in [0.15, 0.2) is 11.5 Å². The minimum Gasteiger partial charge on any atom is -0.504 e. The zero-order chi connectivity index (χ0) is 19.5. The Labute approximate surface area is 149 Å². The fraction of sp³-hybridized carbons (Fsp3) is 0.133. The number of nitro groups is 1. The maximum absolute atomic E-state index is 12.7. The number of ether oxygens (including phenoxy) is 1. The van der Waals surface area contributed by atoms with E-state index >= 15 is 0 Å². The summed E-state index contributed by atoms with van der Waals surface area (Å²) in [5, 5.41) is 24.9. The molecule has 0 fully saturated rings. The Morgan fingerprint density at radius 3 is 2.62 bits per heavy atom. The lowest BCUT2D eigenvalue weighted by Gasteiger charge is -2.09. The van der Waals surface area contributed by atoms with E-state index in [4.69, 9.17) is 16.3 Å². The van der Waals surface area contributed by atoms with Crippen molar-refractivity contribution in [3.8, 4) is 11.5 Å². The fourth-order valence-electron chi connectivity index (χ4n) is 1.97. The molecule has 0 saturated heterocycles. The standard InChI is InChI=1S/C15H11ClF3N3O4/c1-26-13-6-10(16)4-8(14(13)23)7-20-21-11-3-2-9(15(17,18)19)5-12(11)22(24)25/h2-7,21,23H,1H3/b20-7-. The molecule has 2 aromatic rings. The molecule has 0 heterocycles. The summed E-state index contributed by atoms with van der Waals surface area (Å²) in [6, 6.07) is 4.69. The number of phenols is 1. The number of nitrogens with zero attached hydrogens (tertiary/aromatic N) is 2. The van der Waals surface area contributed by atoms with E-state index in [0.29, 0.717) is 12.1 Å². The lowest BCUT2D eigenvalue weighted by molar-refractivity contribution is -0.384. The molecular weight excluding hydrogens is 379 g/mol. The third-order valence-corrected chi connectivity index (χ3v) is 3.42. The Bertz CT molecular complexity index is 872. The monoisotopic (exact) mass is 389 g/mol. The summed E-state index contributed by atoms with van der Waals surface area (Å²) in [4.78, 5) is 10.0. The number of benzene rings is 2. The summed E-state index contributed by atoms with van der Waals surface area (Å²) >= 11 is 5.85. The van der Waals surface area contributed by atoms with Gasteiger partial charge in [0, 0.05) is 22.7 Å². The summed E-state index contributed by atoms with van der Waals surface area (Å²) in [6.45, 7) is 0. The Kier molecular flexibility index (Phi) is 5.56. The minimum atomic E-state index is -4.71. The second kappa shape index (κ2) is 7.48. The van der Waals surface area contributed by atoms with Gasteiger partial charge in [0.2, 0.25) is 0 Å². The zero-order valence-electron chi connectivity index (χ0n) is 13.0. The largest absolute Gasteiger partial charge is 0.504 e. The van der Waals surface area contributed by atoms with Crippen molar-refractivity contribution in [1.82, 2.24) is 0 Å². The van der Waals surface area contributed by atoms with E-state index in [9.17, 15) is 28.4 Å². The lowest BCUT2D eigenvalue weighted by Crippen LogP contribution is -2.06. The molecule has 138 valence electrons. The molecule has 2 aromatic carbocycles. The summed E-state index contributed by atoms with van der Waals surface area (Å²) in [6.07, 6.45) is -3.62. The van der Waals surface area contributed by atoms with Gasteiger partial charge in [-0.15, -0.1) is 0 Å². The van der Waals surface area contributed by atoms with Crippen LogP contribution >= 0.6 is 11.6 Å². The highest BCUT2D eigenvalue weighted by Gasteiger charge is 2.33. The Morgan fingerprint density at radius 2 is 2.04 bits per heavy atom. The van der Waals surface area contributed by atoms with E-state index in [2.05, 4.69) is 10.5 Å². The summed E-state index contributed by atoms with van der Waals surface area (Å²) < 4.78 is 42.9. The van der Waals surface area contributed by atoms with Crippen molar-refractivity contribution in [2.75, 3.05) is 12.5 Å². The van der Waals surface area contributed by atoms with Crippen LogP contribution in [0.15, 0.2) is 35.4 Å². The normalized spacial score (nSPS) is 11.6. The number of aromatic hydroxyl groups is 1. The number of rotatable bonds is 5. The van der Waals surface area contributed by atoms with Gasteiger partial charge in [-0.3, -0.25) is 15.5 Å². The van der Waals surface area contributed by atoms with Crippen LogP contribution in [0.25, 0.3) is 0 Å². The highest BCUT2D eigenvalue weighted by atomic mass is 35.5. The van der Waals surface area contributed by atoms with E-state index < -0.39 is 22.4 Å². The molecule has 0 unspecified atom stereocenters. The molecule has 2 rings (SSSR count). The van der Waals surface area contributed by atoms with E-state index in [1.165, 1.54) is 19.2 Å². The summed E-state index contributed by atoms with van der Waals surface area (Å²) in [7, 11) is 1.32. The first kappa shape index (κ1) is 19.3. The van der Waals surface area contributed by atoms with Crippen molar-refractivity contribution in [2.24, 2.45) is 5.10 Å². The van der Waals surface area contributed by atoms with Gasteiger partial charge in [0.05, 0.1) is 23.8 Å². The van der Waals surface area contributed by atoms with Crippen LogP contribution in [-0.4, -0.2) is 23.4 Å². The number of methoxy groups -OCH3 is 1. The second-order valence-corrected chi connectivity index (χ2v) is 5.34. The molecule has 2 N–H and O–H groups in total. The smallest absolute Gasteiger partial charge is 0.416 e. The molecular formula is C15H11ClF3N3O4. The quantitative estimate of drug-likeness (QED) is 0.448. The van der Waals surface area contributed by atoms with E-state index in [1.54, 1.807) is 0 Å². The van der Waals surface area contributed by atoms with E-state index in [1.807, 2.05) is 0 Å². The predicted octanol–water partition coefficient (Wildman–Crippen LogP) is 4.43. The molecule has 0 radical (unpaired) electrons. The lowest BCUT2D eigenvalue weighted by atomic mass is 10.1. The molecule has 0 aromatic heterocycles. The minimum absolute atomic E-state index is 0.0828. The van der Waals surface area contributed by atoms with Crippen LogP contribution in [-0.2, 0) is 6.18 Å². The van der Waals surface area contributed by atoms with E-state index in [0.717, 1.165) is 12.3 Å². The van der Waals surface area contributed by atoms with Crippen molar-refractivity contribution in [3.05, 3.63) is 56.6 Å². The molecule has 0 aliphatic rings. The molecule has 0 bridgehead atoms. The SMILES string of the molecule is COc1cc(Cl)cc(/C=N\Nc2ccc(C(F)(F)F)cc2[N+](=O)[O-])c1O. The molecule has 7 nitrogen and oxygen atoms in total. The number of phenolic OH excluding ortho intramolecular Hbond substituents is 1. The van der Waals surface area contributed by atoms with Crippen LogP contribution in [0.2, 0.25) is 5.02 Å². The van der Waals surface area contributed by atoms with Crippen LogP contribution < -0.4 is 10.2 Å². The summed E-state index contributed by atoms with van der Waals surface area (Å²) in [5.74, 6) is -0.191. The number of alkyl halides is 3. The van der Waals surface area contributed by atoms with Crippen molar-refractivity contribution >= 4 is 29.2 Å². The average molecular weight is 390 g/mol. The molecule has 0 aliphatic heterocycles. The van der Waals surface area contributed by atoms with Crippen molar-refractivity contribution in [1.29, 1.82) is 0 Å². The number of nitro benzene ring substituents is 1. The number of hydrogen-bond acceptors (Lipinski definition) is 6. The van der Waals surface area contributed by atoms with Gasteiger partial charge < -0.3 is 9.84 Å². The highest BCUT2D eigenvalue weighted by molar-refractivity contribution is 6.31. The molecule has 0 spiro atoms. The Balaban J connectivity index is 2.31. The van der Waals surface area contributed by atoms with Crippen LogP contribution in [0.5, 0.6) is 11.5 Å². The van der Waals surface area contributed by atoms with Crippen LogP contribution in [0.4, 0.5) is 24.5 Å². The number of nitrogens with one attached hydrogen (secondary N) is 1. The van der Waals surface area contributed by atoms with Gasteiger partial charge >= 0.3 is 6.18 Å². The maximum Gasteiger partial charge on any atom is 0.416 e. The maximum atomic E-state index is 12.7. The van der Waals surface area contributed by atoms with Crippen molar-refractivity contribution < 1.29 is 27.9 Å². The second-order valence-electron chi connectivity index (χ2n) is 4.90. The van der Waals surface area contributed by atoms with Crippen LogP contribution in [0.1, 0.15) is 11.1 Å². The topological polar surface area (TPSA) is 97.0 Å². The Morgan fingerprint density at radius 1 is 1.35 bits per heavy atom. The predicted molar refractivity (Wildman–Crippen MR) is 89.0 cm³/mol. The van der Waals surface area contributed by atoms with Crippen molar-refractivity contribution in [3.63, 3.8) is 0 Å². The van der Waals surface area contributed by atoms with Crippen LogP contribution in [0, 0.1) is 10.1 Å². The first-order valence-electron chi connectivity index (χ1n) is 6.84. The third-order valence-electron chi connectivity index (χ3n) is 3.20. The summed E-state index contributed by atoms with van der Waals surface area (Å²) in [5.41, 5.74) is 0.193. The fourth-order valence-corrected chi connectivity index (χ4v) is 2.19. The van der Waals surface area contributed by atoms with Gasteiger partial charge in [0.25, 0.3) is 5.69 Å². The molecule has 0 amide bonds. The van der Waals surface area contributed by atoms with Crippen molar-refractivity contribution in [2.45, 2.75) is 6.18 Å². The zero-order valence-corrected chi connectivity index (χ0v) is 13.8. The third kappa shape index (κ3) is 4.33. The highest BCUT2D eigenvalue weighted by Crippen LogP contribution is 2.35. The number of halogens is 4. The van der Waals surface area contributed by atoms with Gasteiger partial charge in [-0.25, -0.2) is 0 Å². The molecule has 0 saturated carbocycles.